The molecule has 104 valence electrons. The molecule has 0 bridgehead atoms. The molecule has 1 atom stereocenters. The highest BCUT2D eigenvalue weighted by Crippen LogP contribution is 2.34. The Bertz CT molecular complexity index is 444. The molecule has 0 saturated heterocycles. The molecule has 0 spiro atoms. The largest absolute Gasteiger partial charge is 0.396 e. The second-order valence-corrected chi connectivity index (χ2v) is 5.23. The van der Waals surface area contributed by atoms with Crippen molar-refractivity contribution >= 4 is 11.7 Å². The molecule has 1 aliphatic carbocycles. The molecule has 0 aromatic carbocycles. The van der Waals surface area contributed by atoms with E-state index in [0.29, 0.717) is 17.9 Å². The van der Waals surface area contributed by atoms with Gasteiger partial charge in [0.15, 0.2) is 0 Å². The Morgan fingerprint density at radius 1 is 1.58 bits per heavy atom. The summed E-state index contributed by atoms with van der Waals surface area (Å²) >= 11 is 0. The van der Waals surface area contributed by atoms with Gasteiger partial charge < -0.3 is 15.3 Å². The summed E-state index contributed by atoms with van der Waals surface area (Å²) < 4.78 is 0. The second kappa shape index (κ2) is 6.02. The van der Waals surface area contributed by atoms with Crippen LogP contribution in [0.5, 0.6) is 0 Å². The van der Waals surface area contributed by atoms with E-state index < -0.39 is 0 Å². The first kappa shape index (κ1) is 13.8. The Balaban J connectivity index is 2.04. The summed E-state index contributed by atoms with van der Waals surface area (Å²) in [6, 6.07) is 3.58. The number of nitrogens with one attached hydrogen (secondary N) is 1. The fourth-order valence-corrected chi connectivity index (χ4v) is 2.12. The normalized spacial score (nSPS) is 15.9. The molecule has 1 aromatic heterocycles. The minimum absolute atomic E-state index is 0.0872. The summed E-state index contributed by atoms with van der Waals surface area (Å²) in [5.74, 6) is 1.21. The van der Waals surface area contributed by atoms with Gasteiger partial charge in [-0.25, -0.2) is 4.98 Å². The predicted molar refractivity (Wildman–Crippen MR) is 74.2 cm³/mol. The summed E-state index contributed by atoms with van der Waals surface area (Å²) in [7, 11) is 3.78. The van der Waals surface area contributed by atoms with Gasteiger partial charge in [-0.05, 0) is 37.3 Å². The molecule has 0 radical (unpaired) electrons. The highest BCUT2D eigenvalue weighted by molar-refractivity contribution is 5.95. The molecule has 2 N–H and O–H groups in total. The van der Waals surface area contributed by atoms with Gasteiger partial charge in [0.25, 0.3) is 5.91 Å². The number of amides is 1. The molecule has 1 aromatic rings. The zero-order valence-corrected chi connectivity index (χ0v) is 11.5. The van der Waals surface area contributed by atoms with E-state index in [4.69, 9.17) is 5.11 Å². The number of nitrogens with zero attached hydrogens (tertiary/aromatic N) is 2. The zero-order valence-electron chi connectivity index (χ0n) is 11.5. The highest BCUT2D eigenvalue weighted by Gasteiger charge is 2.31. The van der Waals surface area contributed by atoms with Gasteiger partial charge in [-0.15, -0.1) is 0 Å². The van der Waals surface area contributed by atoms with Crippen LogP contribution >= 0.6 is 0 Å². The molecule has 1 unspecified atom stereocenters. The summed E-state index contributed by atoms with van der Waals surface area (Å²) in [5, 5.41) is 12.1. The van der Waals surface area contributed by atoms with Crippen LogP contribution in [0.15, 0.2) is 18.3 Å². The number of aromatic nitrogens is 1. The summed E-state index contributed by atoms with van der Waals surface area (Å²) in [4.78, 5) is 18.3. The van der Waals surface area contributed by atoms with E-state index in [1.165, 1.54) is 0 Å². The van der Waals surface area contributed by atoms with E-state index in [9.17, 15) is 4.79 Å². The first-order chi connectivity index (χ1) is 9.11. The number of hydrogen-bond acceptors (Lipinski definition) is 4. The van der Waals surface area contributed by atoms with Gasteiger partial charge in [0.2, 0.25) is 0 Å². The molecular weight excluding hydrogens is 242 g/mol. The van der Waals surface area contributed by atoms with Crippen LogP contribution in [-0.4, -0.2) is 42.7 Å². The Morgan fingerprint density at radius 3 is 2.89 bits per heavy atom. The number of pyridine rings is 1. The Hall–Kier alpha value is -1.62. The van der Waals surface area contributed by atoms with E-state index in [2.05, 4.69) is 10.3 Å². The Morgan fingerprint density at radius 2 is 2.32 bits per heavy atom. The lowest BCUT2D eigenvalue weighted by atomic mass is 10.1. The van der Waals surface area contributed by atoms with Crippen LogP contribution in [0.1, 0.15) is 29.6 Å². The molecule has 1 amide bonds. The summed E-state index contributed by atoms with van der Waals surface area (Å²) in [6.07, 6.45) is 4.55. The Kier molecular flexibility index (Phi) is 4.37. The first-order valence-electron chi connectivity index (χ1n) is 6.67. The maximum Gasteiger partial charge on any atom is 0.251 e. The van der Waals surface area contributed by atoms with Crippen molar-refractivity contribution < 1.29 is 9.90 Å². The van der Waals surface area contributed by atoms with Gasteiger partial charge in [-0.2, -0.15) is 0 Å². The minimum Gasteiger partial charge on any atom is -0.396 e. The van der Waals surface area contributed by atoms with Crippen LogP contribution in [0.4, 0.5) is 5.82 Å². The average molecular weight is 263 g/mol. The van der Waals surface area contributed by atoms with Crippen LogP contribution in [0.25, 0.3) is 0 Å². The SMILES string of the molecule is CN(C)c1cc(C(=O)NC(CCO)C2CC2)ccn1. The van der Waals surface area contributed by atoms with Crippen molar-refractivity contribution in [2.75, 3.05) is 25.6 Å². The first-order valence-corrected chi connectivity index (χ1v) is 6.67. The lowest BCUT2D eigenvalue weighted by molar-refractivity contribution is 0.0924. The van der Waals surface area contributed by atoms with Crippen LogP contribution in [0, 0.1) is 5.92 Å². The third-order valence-electron chi connectivity index (χ3n) is 3.41. The zero-order chi connectivity index (χ0) is 13.8. The lowest BCUT2D eigenvalue weighted by Crippen LogP contribution is -2.37. The van der Waals surface area contributed by atoms with Gasteiger partial charge in [-0.3, -0.25) is 4.79 Å². The van der Waals surface area contributed by atoms with Crippen LogP contribution in [0.3, 0.4) is 0 Å². The van der Waals surface area contributed by atoms with Crippen molar-refractivity contribution in [1.82, 2.24) is 10.3 Å². The minimum atomic E-state index is -0.0872. The van der Waals surface area contributed by atoms with Crippen molar-refractivity contribution in [3.63, 3.8) is 0 Å². The topological polar surface area (TPSA) is 65.5 Å². The van der Waals surface area contributed by atoms with E-state index in [-0.39, 0.29) is 18.6 Å². The third kappa shape index (κ3) is 3.67. The number of rotatable bonds is 6. The number of aliphatic hydroxyl groups excluding tert-OH is 1. The van der Waals surface area contributed by atoms with Crippen LogP contribution < -0.4 is 10.2 Å². The summed E-state index contributed by atoms with van der Waals surface area (Å²) in [6.45, 7) is 0.112. The van der Waals surface area contributed by atoms with Crippen molar-refractivity contribution in [1.29, 1.82) is 0 Å². The lowest BCUT2D eigenvalue weighted by Gasteiger charge is -2.18. The van der Waals surface area contributed by atoms with E-state index >= 15 is 0 Å². The van der Waals surface area contributed by atoms with Crippen molar-refractivity contribution in [3.8, 4) is 0 Å². The molecule has 1 saturated carbocycles. The quantitative estimate of drug-likeness (QED) is 0.805. The maximum absolute atomic E-state index is 12.2. The fourth-order valence-electron chi connectivity index (χ4n) is 2.12. The molecule has 19 heavy (non-hydrogen) atoms. The van der Waals surface area contributed by atoms with Gasteiger partial charge in [0, 0.05) is 38.5 Å². The summed E-state index contributed by atoms with van der Waals surface area (Å²) in [5.41, 5.74) is 0.613. The Labute approximate surface area is 113 Å². The molecule has 1 fully saturated rings. The van der Waals surface area contributed by atoms with Crippen molar-refractivity contribution in [2.45, 2.75) is 25.3 Å². The third-order valence-corrected chi connectivity index (χ3v) is 3.41. The average Bonchev–Trinajstić information content (AvgIpc) is 3.22. The van der Waals surface area contributed by atoms with Crippen LogP contribution in [-0.2, 0) is 0 Å². The van der Waals surface area contributed by atoms with Gasteiger partial charge >= 0.3 is 0 Å². The highest BCUT2D eigenvalue weighted by atomic mass is 16.3. The van der Waals surface area contributed by atoms with E-state index in [1.807, 2.05) is 19.0 Å². The molecule has 1 aliphatic rings. The predicted octanol–water partition coefficient (Wildman–Crippen LogP) is 1.04. The smallest absolute Gasteiger partial charge is 0.251 e. The number of aliphatic hydroxyl groups is 1. The van der Waals surface area contributed by atoms with E-state index in [0.717, 1.165) is 18.7 Å². The molecule has 5 heteroatoms. The van der Waals surface area contributed by atoms with Crippen molar-refractivity contribution in [2.24, 2.45) is 5.92 Å². The molecule has 1 heterocycles. The molecule has 0 aliphatic heterocycles. The van der Waals surface area contributed by atoms with E-state index in [1.54, 1.807) is 18.3 Å². The molecule has 5 nitrogen and oxygen atoms in total. The van der Waals surface area contributed by atoms with Gasteiger partial charge in [0.1, 0.15) is 5.82 Å². The van der Waals surface area contributed by atoms with Gasteiger partial charge in [0.05, 0.1) is 0 Å². The fraction of sp³-hybridized carbons (Fsp3) is 0.571. The van der Waals surface area contributed by atoms with Gasteiger partial charge in [-0.1, -0.05) is 0 Å². The van der Waals surface area contributed by atoms with Crippen molar-refractivity contribution in [3.05, 3.63) is 23.9 Å². The molecule has 2 rings (SSSR count). The number of anilines is 1. The second-order valence-electron chi connectivity index (χ2n) is 5.23. The molecular formula is C14H21N3O2. The monoisotopic (exact) mass is 263 g/mol. The number of carbonyl (C=O) groups is 1. The number of hydrogen-bond donors (Lipinski definition) is 2. The van der Waals surface area contributed by atoms with Crippen LogP contribution in [0.2, 0.25) is 0 Å². The maximum atomic E-state index is 12.2. The standard InChI is InChI=1S/C14H21N3O2/c1-17(2)13-9-11(5-7-15-13)14(19)16-12(6-8-18)10-3-4-10/h5,7,9-10,12,18H,3-4,6,8H2,1-2H3,(H,16,19). The number of carbonyl (C=O) groups excluding carboxylic acids is 1.